The van der Waals surface area contributed by atoms with Crippen molar-refractivity contribution in [2.45, 2.75) is 39.3 Å². The zero-order chi connectivity index (χ0) is 14.3. The third kappa shape index (κ3) is 5.93. The first kappa shape index (κ1) is 16.5. The lowest BCUT2D eigenvalue weighted by molar-refractivity contribution is 0.0768. The van der Waals surface area contributed by atoms with Gasteiger partial charge < -0.3 is 14.8 Å². The summed E-state index contributed by atoms with van der Waals surface area (Å²) < 4.78 is 11.7. The fourth-order valence-electron chi connectivity index (χ4n) is 1.78. The van der Waals surface area contributed by atoms with Gasteiger partial charge in [0.25, 0.3) is 0 Å². The molecule has 4 heteroatoms. The van der Waals surface area contributed by atoms with Gasteiger partial charge in [-0.05, 0) is 67.4 Å². The third-order valence-electron chi connectivity index (χ3n) is 2.90. The van der Waals surface area contributed by atoms with E-state index < -0.39 is 0 Å². The van der Waals surface area contributed by atoms with Crippen LogP contribution in [0.3, 0.4) is 0 Å². The van der Waals surface area contributed by atoms with E-state index in [0.717, 1.165) is 29.8 Å². The lowest BCUT2D eigenvalue weighted by atomic mass is 10.1. The van der Waals surface area contributed by atoms with Gasteiger partial charge in [-0.15, -0.1) is 0 Å². The van der Waals surface area contributed by atoms with Crippen molar-refractivity contribution >= 4 is 15.9 Å². The van der Waals surface area contributed by atoms with Crippen LogP contribution in [0.1, 0.15) is 38.8 Å². The largest absolute Gasteiger partial charge is 0.496 e. The van der Waals surface area contributed by atoms with E-state index in [0.29, 0.717) is 12.1 Å². The monoisotopic (exact) mass is 329 g/mol. The molecule has 0 spiro atoms. The van der Waals surface area contributed by atoms with Crippen LogP contribution in [-0.2, 0) is 4.74 Å². The fourth-order valence-corrected chi connectivity index (χ4v) is 2.34. The van der Waals surface area contributed by atoms with Crippen LogP contribution in [0.4, 0.5) is 0 Å². The van der Waals surface area contributed by atoms with Gasteiger partial charge in [-0.1, -0.05) is 6.07 Å². The SMILES string of the molecule is COc1ccc(C(C)NCCCOC(C)C)cc1Br. The zero-order valence-corrected chi connectivity index (χ0v) is 13.8. The predicted molar refractivity (Wildman–Crippen MR) is 82.8 cm³/mol. The first-order chi connectivity index (χ1) is 9.04. The lowest BCUT2D eigenvalue weighted by Gasteiger charge is -2.16. The second-order valence-corrected chi connectivity index (χ2v) is 5.70. The summed E-state index contributed by atoms with van der Waals surface area (Å²) in [5, 5.41) is 3.50. The molecule has 0 aliphatic heterocycles. The van der Waals surface area contributed by atoms with Crippen LogP contribution < -0.4 is 10.1 Å². The van der Waals surface area contributed by atoms with Gasteiger partial charge in [0.2, 0.25) is 0 Å². The Morgan fingerprint density at radius 2 is 2.00 bits per heavy atom. The summed E-state index contributed by atoms with van der Waals surface area (Å²) in [6, 6.07) is 6.49. The molecule has 0 amide bonds. The summed E-state index contributed by atoms with van der Waals surface area (Å²) in [6.07, 6.45) is 1.34. The summed E-state index contributed by atoms with van der Waals surface area (Å²) in [5.41, 5.74) is 1.25. The van der Waals surface area contributed by atoms with Crippen molar-refractivity contribution in [3.8, 4) is 5.75 Å². The third-order valence-corrected chi connectivity index (χ3v) is 3.52. The van der Waals surface area contributed by atoms with Crippen molar-refractivity contribution in [3.05, 3.63) is 28.2 Å². The molecule has 0 heterocycles. The Morgan fingerprint density at radius 1 is 1.26 bits per heavy atom. The van der Waals surface area contributed by atoms with Gasteiger partial charge in [-0.3, -0.25) is 0 Å². The lowest BCUT2D eigenvalue weighted by Crippen LogP contribution is -2.21. The molecule has 0 bridgehead atoms. The Labute approximate surface area is 124 Å². The number of hydrogen-bond donors (Lipinski definition) is 1. The fraction of sp³-hybridized carbons (Fsp3) is 0.600. The molecule has 3 nitrogen and oxygen atoms in total. The molecule has 1 aromatic rings. The highest BCUT2D eigenvalue weighted by atomic mass is 79.9. The molecule has 19 heavy (non-hydrogen) atoms. The number of ether oxygens (including phenoxy) is 2. The minimum atomic E-state index is 0.315. The molecule has 0 radical (unpaired) electrons. The quantitative estimate of drug-likeness (QED) is 0.733. The highest BCUT2D eigenvalue weighted by molar-refractivity contribution is 9.10. The van der Waals surface area contributed by atoms with Gasteiger partial charge in [-0.25, -0.2) is 0 Å². The molecule has 108 valence electrons. The van der Waals surface area contributed by atoms with Crippen LogP contribution in [0.5, 0.6) is 5.75 Å². The Hall–Kier alpha value is -0.580. The molecule has 0 aliphatic carbocycles. The zero-order valence-electron chi connectivity index (χ0n) is 12.2. The van der Waals surface area contributed by atoms with Gasteiger partial charge in [0, 0.05) is 12.6 Å². The molecule has 0 saturated heterocycles. The molecular formula is C15H24BrNO2. The first-order valence-electron chi connectivity index (χ1n) is 6.73. The second kappa shape index (κ2) is 8.56. The van der Waals surface area contributed by atoms with Crippen molar-refractivity contribution in [3.63, 3.8) is 0 Å². The van der Waals surface area contributed by atoms with Crippen LogP contribution in [0.15, 0.2) is 22.7 Å². The smallest absolute Gasteiger partial charge is 0.133 e. The van der Waals surface area contributed by atoms with Crippen LogP contribution >= 0.6 is 15.9 Å². The van der Waals surface area contributed by atoms with E-state index in [2.05, 4.69) is 54.2 Å². The molecular weight excluding hydrogens is 306 g/mol. The Kier molecular flexibility index (Phi) is 7.42. The highest BCUT2D eigenvalue weighted by Gasteiger charge is 2.07. The van der Waals surface area contributed by atoms with Crippen molar-refractivity contribution in [1.29, 1.82) is 0 Å². The van der Waals surface area contributed by atoms with E-state index in [-0.39, 0.29) is 0 Å². The van der Waals surface area contributed by atoms with Gasteiger partial charge >= 0.3 is 0 Å². The van der Waals surface area contributed by atoms with Crippen molar-refractivity contribution in [2.75, 3.05) is 20.3 Å². The molecule has 0 aliphatic rings. The Morgan fingerprint density at radius 3 is 2.58 bits per heavy atom. The van der Waals surface area contributed by atoms with Gasteiger partial charge in [0.1, 0.15) is 5.75 Å². The molecule has 1 unspecified atom stereocenters. The van der Waals surface area contributed by atoms with Crippen molar-refractivity contribution in [1.82, 2.24) is 5.32 Å². The highest BCUT2D eigenvalue weighted by Crippen LogP contribution is 2.27. The normalized spacial score (nSPS) is 12.7. The summed E-state index contributed by atoms with van der Waals surface area (Å²) in [4.78, 5) is 0. The standard InChI is InChI=1S/C15H24BrNO2/c1-11(2)19-9-5-8-17-12(3)13-6-7-15(18-4)14(16)10-13/h6-7,10-12,17H,5,8-9H2,1-4H3. The maximum absolute atomic E-state index is 5.51. The van der Waals surface area contributed by atoms with Gasteiger partial charge in [0.15, 0.2) is 0 Å². The summed E-state index contributed by atoms with van der Waals surface area (Å²) >= 11 is 3.51. The van der Waals surface area contributed by atoms with Crippen LogP contribution in [0.25, 0.3) is 0 Å². The minimum Gasteiger partial charge on any atom is -0.496 e. The molecule has 1 aromatic carbocycles. The van der Waals surface area contributed by atoms with E-state index in [4.69, 9.17) is 9.47 Å². The Balaban J connectivity index is 2.37. The summed E-state index contributed by atoms with van der Waals surface area (Å²) in [6.45, 7) is 8.05. The van der Waals surface area contributed by atoms with Crippen LogP contribution in [0, 0.1) is 0 Å². The molecule has 1 atom stereocenters. The van der Waals surface area contributed by atoms with E-state index >= 15 is 0 Å². The Bertz CT molecular complexity index is 382. The molecule has 1 N–H and O–H groups in total. The number of methoxy groups -OCH3 is 1. The molecule has 0 saturated carbocycles. The van der Waals surface area contributed by atoms with E-state index in [1.54, 1.807) is 7.11 Å². The van der Waals surface area contributed by atoms with Crippen molar-refractivity contribution in [2.24, 2.45) is 0 Å². The maximum atomic E-state index is 5.51. The molecule has 0 fully saturated rings. The molecule has 0 aromatic heterocycles. The van der Waals surface area contributed by atoms with E-state index in [1.165, 1.54) is 5.56 Å². The van der Waals surface area contributed by atoms with Gasteiger partial charge in [0.05, 0.1) is 17.7 Å². The summed E-state index contributed by atoms with van der Waals surface area (Å²) in [7, 11) is 1.68. The average molecular weight is 330 g/mol. The number of rotatable bonds is 8. The summed E-state index contributed by atoms with van der Waals surface area (Å²) in [5.74, 6) is 0.862. The topological polar surface area (TPSA) is 30.5 Å². The van der Waals surface area contributed by atoms with Crippen molar-refractivity contribution < 1.29 is 9.47 Å². The van der Waals surface area contributed by atoms with Crippen LogP contribution in [-0.4, -0.2) is 26.4 Å². The van der Waals surface area contributed by atoms with E-state index in [9.17, 15) is 0 Å². The number of hydrogen-bond acceptors (Lipinski definition) is 3. The second-order valence-electron chi connectivity index (χ2n) is 4.84. The van der Waals surface area contributed by atoms with E-state index in [1.807, 2.05) is 6.07 Å². The number of nitrogens with one attached hydrogen (secondary N) is 1. The predicted octanol–water partition coefficient (Wildman–Crippen LogP) is 3.92. The first-order valence-corrected chi connectivity index (χ1v) is 7.52. The molecule has 1 rings (SSSR count). The number of halogens is 1. The van der Waals surface area contributed by atoms with Crippen LogP contribution in [0.2, 0.25) is 0 Å². The average Bonchev–Trinajstić information content (AvgIpc) is 2.37. The van der Waals surface area contributed by atoms with Gasteiger partial charge in [-0.2, -0.15) is 0 Å². The maximum Gasteiger partial charge on any atom is 0.133 e. The number of benzene rings is 1. The minimum absolute atomic E-state index is 0.315.